The van der Waals surface area contributed by atoms with E-state index in [1.54, 1.807) is 18.2 Å². The van der Waals surface area contributed by atoms with E-state index in [1.165, 1.54) is 11.6 Å². The molecule has 4 rings (SSSR count). The largest absolute Gasteiger partial charge is 0.486 e. The molecule has 1 saturated heterocycles. The van der Waals surface area contributed by atoms with Crippen LogP contribution in [0.5, 0.6) is 5.75 Å². The van der Waals surface area contributed by atoms with Gasteiger partial charge < -0.3 is 9.15 Å². The number of ether oxygens (including phenoxy) is 1. The molecule has 0 saturated carbocycles. The second-order valence-corrected chi connectivity index (χ2v) is 9.20. The van der Waals surface area contributed by atoms with E-state index < -0.39 is 5.91 Å². The number of benzene rings is 2. The molecule has 0 aliphatic carbocycles. The minimum atomic E-state index is -0.537. The van der Waals surface area contributed by atoms with Crippen molar-refractivity contribution in [2.75, 3.05) is 11.5 Å². The van der Waals surface area contributed by atoms with Crippen molar-refractivity contribution in [3.05, 3.63) is 89.4 Å². The van der Waals surface area contributed by atoms with Crippen LogP contribution in [0.2, 0.25) is 0 Å². The smallest absolute Gasteiger partial charge is 0.305 e. The summed E-state index contributed by atoms with van der Waals surface area (Å²) in [5, 5.41) is 0. The first-order valence-corrected chi connectivity index (χ1v) is 11.5. The van der Waals surface area contributed by atoms with Crippen molar-refractivity contribution in [2.45, 2.75) is 11.2 Å². The molecule has 0 bridgehead atoms. The highest BCUT2D eigenvalue weighted by atomic mass is 32.2. The van der Waals surface area contributed by atoms with Crippen molar-refractivity contribution in [1.29, 1.82) is 0 Å². The van der Waals surface area contributed by atoms with Crippen LogP contribution in [0.3, 0.4) is 0 Å². The Morgan fingerprint density at radius 2 is 1.60 bits per heavy atom. The first kappa shape index (κ1) is 20.4. The van der Waals surface area contributed by atoms with E-state index in [2.05, 4.69) is 10.9 Å². The molecule has 2 heterocycles. The summed E-state index contributed by atoms with van der Waals surface area (Å²) in [6.07, 6.45) is 0. The van der Waals surface area contributed by atoms with Crippen LogP contribution in [0, 0.1) is 0 Å². The van der Waals surface area contributed by atoms with Crippen LogP contribution in [0.15, 0.2) is 71.1 Å². The summed E-state index contributed by atoms with van der Waals surface area (Å²) in [6, 6.07) is 20.0. The molecule has 1 aliphatic heterocycles. The van der Waals surface area contributed by atoms with E-state index in [9.17, 15) is 9.59 Å². The van der Waals surface area contributed by atoms with Gasteiger partial charge in [0, 0.05) is 17.1 Å². The average Bonchev–Trinajstić information content (AvgIpc) is 3.49. The highest BCUT2D eigenvalue weighted by molar-refractivity contribution is 8.19. The van der Waals surface area contributed by atoms with Crippen LogP contribution in [-0.2, 0) is 6.61 Å². The number of nitrogens with one attached hydrogen (secondary N) is 2. The molecule has 2 aromatic carbocycles. The van der Waals surface area contributed by atoms with E-state index in [1.807, 2.05) is 66.0 Å². The molecular weight excluding hydrogens is 420 g/mol. The third-order valence-electron chi connectivity index (χ3n) is 4.37. The second kappa shape index (κ2) is 9.77. The quantitative estimate of drug-likeness (QED) is 0.553. The molecule has 0 atom stereocenters. The van der Waals surface area contributed by atoms with Crippen LogP contribution in [0.4, 0.5) is 0 Å². The van der Waals surface area contributed by atoms with Crippen molar-refractivity contribution in [3.63, 3.8) is 0 Å². The number of rotatable bonds is 6. The molecule has 2 N–H and O–H groups in total. The first-order valence-electron chi connectivity index (χ1n) is 9.39. The Labute approximate surface area is 182 Å². The summed E-state index contributed by atoms with van der Waals surface area (Å²) >= 11 is 3.82. The third kappa shape index (κ3) is 5.20. The average molecular weight is 441 g/mol. The van der Waals surface area contributed by atoms with E-state index in [0.29, 0.717) is 21.7 Å². The van der Waals surface area contributed by atoms with Gasteiger partial charge in [0.05, 0.1) is 4.58 Å². The standard InChI is InChI=1S/C22H20N2O4S2/c25-20(15-6-8-16(9-7-15)22-29-12-13-30-22)23-24-21(26)19-11-10-18(28-19)14-27-17-4-2-1-3-5-17/h1-11,22H,12-14H2,(H,23,25)(H,24,26). The molecular formula is C22H20N2O4S2. The Balaban J connectivity index is 1.27. The maximum Gasteiger partial charge on any atom is 0.305 e. The Hall–Kier alpha value is -2.84. The fourth-order valence-corrected chi connectivity index (χ4v) is 5.70. The van der Waals surface area contributed by atoms with Gasteiger partial charge in [-0.15, -0.1) is 23.5 Å². The molecule has 1 aliphatic rings. The molecule has 0 spiro atoms. The van der Waals surface area contributed by atoms with Gasteiger partial charge in [0.1, 0.15) is 18.1 Å². The van der Waals surface area contributed by atoms with Gasteiger partial charge in [-0.2, -0.15) is 0 Å². The van der Waals surface area contributed by atoms with Gasteiger partial charge in [-0.3, -0.25) is 20.4 Å². The Morgan fingerprint density at radius 3 is 2.33 bits per heavy atom. The number of amides is 2. The Kier molecular flexibility index (Phi) is 6.66. The summed E-state index contributed by atoms with van der Waals surface area (Å²) in [5.41, 5.74) is 6.46. The summed E-state index contributed by atoms with van der Waals surface area (Å²) in [7, 11) is 0. The highest BCUT2D eigenvalue weighted by Gasteiger charge is 2.19. The molecule has 1 fully saturated rings. The van der Waals surface area contributed by atoms with Crippen molar-refractivity contribution in [1.82, 2.24) is 10.9 Å². The molecule has 1 aromatic heterocycles. The molecule has 154 valence electrons. The van der Waals surface area contributed by atoms with E-state index >= 15 is 0 Å². The topological polar surface area (TPSA) is 80.6 Å². The van der Waals surface area contributed by atoms with E-state index in [4.69, 9.17) is 9.15 Å². The Morgan fingerprint density at radius 1 is 0.900 bits per heavy atom. The number of para-hydroxylation sites is 1. The molecule has 3 aromatic rings. The van der Waals surface area contributed by atoms with Crippen LogP contribution in [0.1, 0.15) is 36.8 Å². The van der Waals surface area contributed by atoms with Gasteiger partial charge in [0.2, 0.25) is 0 Å². The minimum absolute atomic E-state index is 0.0904. The first-order chi connectivity index (χ1) is 14.7. The summed E-state index contributed by atoms with van der Waals surface area (Å²) in [6.45, 7) is 0.202. The van der Waals surface area contributed by atoms with Crippen molar-refractivity contribution in [2.24, 2.45) is 0 Å². The summed E-state index contributed by atoms with van der Waals surface area (Å²) < 4.78 is 11.5. The third-order valence-corrected chi connectivity index (χ3v) is 7.47. The van der Waals surface area contributed by atoms with Crippen LogP contribution in [0.25, 0.3) is 0 Å². The van der Waals surface area contributed by atoms with Crippen molar-refractivity contribution >= 4 is 35.3 Å². The van der Waals surface area contributed by atoms with E-state index in [-0.39, 0.29) is 18.3 Å². The fraction of sp³-hybridized carbons (Fsp3) is 0.182. The zero-order valence-corrected chi connectivity index (χ0v) is 17.6. The highest BCUT2D eigenvalue weighted by Crippen LogP contribution is 2.45. The maximum absolute atomic E-state index is 12.3. The van der Waals surface area contributed by atoms with Crippen LogP contribution in [-0.4, -0.2) is 23.3 Å². The molecule has 30 heavy (non-hydrogen) atoms. The SMILES string of the molecule is O=C(NNC(=O)c1ccc(COc2ccccc2)o1)c1ccc(C2SCCS2)cc1. The van der Waals surface area contributed by atoms with Gasteiger partial charge in [0.25, 0.3) is 5.91 Å². The molecule has 0 radical (unpaired) electrons. The van der Waals surface area contributed by atoms with Crippen molar-refractivity contribution < 1.29 is 18.7 Å². The lowest BCUT2D eigenvalue weighted by Gasteiger charge is -2.10. The van der Waals surface area contributed by atoms with Crippen LogP contribution < -0.4 is 15.6 Å². The van der Waals surface area contributed by atoms with Gasteiger partial charge in [0.15, 0.2) is 5.76 Å². The molecule has 6 nitrogen and oxygen atoms in total. The number of hydrazine groups is 1. The van der Waals surface area contributed by atoms with Gasteiger partial charge in [-0.1, -0.05) is 30.3 Å². The maximum atomic E-state index is 12.3. The predicted molar refractivity (Wildman–Crippen MR) is 119 cm³/mol. The summed E-state index contributed by atoms with van der Waals surface area (Å²) in [4.78, 5) is 24.5. The van der Waals surface area contributed by atoms with Crippen LogP contribution >= 0.6 is 23.5 Å². The lowest BCUT2D eigenvalue weighted by molar-refractivity contribution is 0.0828. The molecule has 8 heteroatoms. The second-order valence-electron chi connectivity index (χ2n) is 6.47. The lowest BCUT2D eigenvalue weighted by atomic mass is 10.1. The number of hydrogen-bond acceptors (Lipinski definition) is 6. The minimum Gasteiger partial charge on any atom is -0.486 e. The van der Waals surface area contributed by atoms with Gasteiger partial charge in [-0.25, -0.2) is 0 Å². The number of carbonyl (C=O) groups excluding carboxylic acids is 2. The van der Waals surface area contributed by atoms with Gasteiger partial charge in [-0.05, 0) is 42.0 Å². The number of hydrogen-bond donors (Lipinski definition) is 2. The lowest BCUT2D eigenvalue weighted by Crippen LogP contribution is -2.41. The number of carbonyl (C=O) groups is 2. The zero-order chi connectivity index (χ0) is 20.8. The van der Waals surface area contributed by atoms with Gasteiger partial charge >= 0.3 is 5.91 Å². The predicted octanol–water partition coefficient (Wildman–Crippen LogP) is 4.41. The number of thioether (sulfide) groups is 2. The molecule has 2 amide bonds. The Bertz CT molecular complexity index is 999. The fourth-order valence-electron chi connectivity index (χ4n) is 2.84. The van der Waals surface area contributed by atoms with Crippen molar-refractivity contribution in [3.8, 4) is 5.75 Å². The molecule has 0 unspecified atom stereocenters. The summed E-state index contributed by atoms with van der Waals surface area (Å²) in [5.74, 6) is 2.68. The van der Waals surface area contributed by atoms with E-state index in [0.717, 1.165) is 11.5 Å². The number of furan rings is 1. The monoisotopic (exact) mass is 440 g/mol. The normalized spacial score (nSPS) is 13.7. The zero-order valence-electron chi connectivity index (χ0n) is 16.0.